The third-order valence-corrected chi connectivity index (χ3v) is 6.81. The van der Waals surface area contributed by atoms with Crippen LogP contribution in [0.5, 0.6) is 0 Å². The van der Waals surface area contributed by atoms with Gasteiger partial charge in [0.1, 0.15) is 23.1 Å². The van der Waals surface area contributed by atoms with Crippen molar-refractivity contribution in [2.45, 2.75) is 51.0 Å². The van der Waals surface area contributed by atoms with Gasteiger partial charge in [-0.25, -0.2) is 13.8 Å². The van der Waals surface area contributed by atoms with Crippen LogP contribution in [0.25, 0.3) is 16.6 Å². The van der Waals surface area contributed by atoms with Gasteiger partial charge in [0.15, 0.2) is 0 Å². The zero-order chi connectivity index (χ0) is 27.6. The third kappa shape index (κ3) is 5.87. The highest BCUT2D eigenvalue weighted by molar-refractivity contribution is 6.03. The van der Waals surface area contributed by atoms with Gasteiger partial charge in [0.05, 0.1) is 22.3 Å². The molecule has 39 heavy (non-hydrogen) atoms. The van der Waals surface area contributed by atoms with Crippen LogP contribution in [0.15, 0.2) is 76.7 Å². The van der Waals surface area contributed by atoms with Gasteiger partial charge in [0, 0.05) is 31.2 Å². The van der Waals surface area contributed by atoms with Crippen molar-refractivity contribution in [1.29, 1.82) is 0 Å². The quantitative estimate of drug-likeness (QED) is 0.284. The van der Waals surface area contributed by atoms with Crippen LogP contribution in [0.4, 0.5) is 8.78 Å². The second kappa shape index (κ2) is 10.8. The van der Waals surface area contributed by atoms with Crippen LogP contribution in [0.1, 0.15) is 49.6 Å². The zero-order valence-corrected chi connectivity index (χ0v) is 21.4. The van der Waals surface area contributed by atoms with Crippen molar-refractivity contribution in [1.82, 2.24) is 9.55 Å². The van der Waals surface area contributed by atoms with Crippen molar-refractivity contribution < 1.29 is 23.5 Å². The minimum absolute atomic E-state index is 0.0228. The lowest BCUT2D eigenvalue weighted by molar-refractivity contribution is -0.137. The van der Waals surface area contributed by atoms with Gasteiger partial charge in [-0.1, -0.05) is 23.4 Å². The molecule has 1 aliphatic heterocycles. The molecule has 0 fully saturated rings. The monoisotopic (exact) mass is 531 g/mol. The van der Waals surface area contributed by atoms with E-state index >= 15 is 0 Å². The van der Waals surface area contributed by atoms with Crippen LogP contribution in [0.3, 0.4) is 0 Å². The van der Waals surface area contributed by atoms with E-state index in [0.717, 1.165) is 11.1 Å². The summed E-state index contributed by atoms with van der Waals surface area (Å²) in [6.45, 7) is 1.95. The minimum atomic E-state index is -0.881. The van der Waals surface area contributed by atoms with Crippen molar-refractivity contribution in [2.24, 2.45) is 5.16 Å². The normalized spacial score (nSPS) is 16.7. The van der Waals surface area contributed by atoms with Gasteiger partial charge >= 0.3 is 5.97 Å². The van der Waals surface area contributed by atoms with Crippen LogP contribution in [-0.4, -0.2) is 31.9 Å². The second-order valence-electron chi connectivity index (χ2n) is 10.0. The zero-order valence-electron chi connectivity index (χ0n) is 21.4. The van der Waals surface area contributed by atoms with E-state index in [0.29, 0.717) is 60.2 Å². The fraction of sp³-hybridized carbons (Fsp3) is 0.267. The second-order valence-corrected chi connectivity index (χ2v) is 10.0. The summed E-state index contributed by atoms with van der Waals surface area (Å²) in [6.07, 6.45) is 2.43. The molecular weight excluding hydrogens is 504 g/mol. The molecule has 5 rings (SSSR count). The molecule has 4 aromatic rings. The molecule has 0 aliphatic carbocycles. The van der Waals surface area contributed by atoms with Crippen molar-refractivity contribution in [3.05, 3.63) is 106 Å². The van der Waals surface area contributed by atoms with E-state index in [2.05, 4.69) is 5.16 Å². The highest BCUT2D eigenvalue weighted by atomic mass is 19.1. The third-order valence-electron chi connectivity index (χ3n) is 6.81. The first-order valence-electron chi connectivity index (χ1n) is 12.7. The Morgan fingerprint density at radius 1 is 1.03 bits per heavy atom. The van der Waals surface area contributed by atoms with Crippen LogP contribution >= 0.6 is 0 Å². The molecule has 7 nitrogen and oxygen atoms in total. The van der Waals surface area contributed by atoms with E-state index in [1.54, 1.807) is 30.3 Å². The standard InChI is InChI=1S/C30H27F2N3O4/c1-30(17-19-6-9-21(31)10-7-19)18-26(34-39-30)20-8-15-24-25(16-20)33-27(4-2-3-5-28(36)37)35(29(24)38)23-13-11-22(32)12-14-23/h6-16H,2-5,17-18H2,1H3,(H,36,37)/t30-/m0/s1. The molecule has 1 N–H and O–H groups in total. The minimum Gasteiger partial charge on any atom is -0.481 e. The van der Waals surface area contributed by atoms with Gasteiger partial charge in [0.2, 0.25) is 0 Å². The first kappa shape index (κ1) is 26.2. The molecule has 200 valence electrons. The Kier molecular flexibility index (Phi) is 7.24. The molecule has 1 aromatic heterocycles. The van der Waals surface area contributed by atoms with Crippen LogP contribution in [-0.2, 0) is 22.5 Å². The number of carboxylic acid groups (broad SMARTS) is 1. The maximum Gasteiger partial charge on any atom is 0.303 e. The number of rotatable bonds is 9. The summed E-state index contributed by atoms with van der Waals surface area (Å²) in [5.74, 6) is -1.13. The average molecular weight is 532 g/mol. The van der Waals surface area contributed by atoms with Crippen molar-refractivity contribution >= 4 is 22.6 Å². The van der Waals surface area contributed by atoms with E-state index in [-0.39, 0.29) is 17.8 Å². The Hall–Kier alpha value is -4.40. The van der Waals surface area contributed by atoms with E-state index in [1.165, 1.54) is 41.0 Å². The number of aryl methyl sites for hydroxylation is 1. The number of fused-ring (bicyclic) bond motifs is 1. The summed E-state index contributed by atoms with van der Waals surface area (Å²) in [5.41, 5.74) is 2.50. The molecule has 0 radical (unpaired) electrons. The Bertz CT molecular complexity index is 1610. The maximum absolute atomic E-state index is 13.6. The number of hydrogen-bond donors (Lipinski definition) is 1. The summed E-state index contributed by atoms with van der Waals surface area (Å²) >= 11 is 0. The number of hydrogen-bond acceptors (Lipinski definition) is 5. The Morgan fingerprint density at radius 3 is 2.41 bits per heavy atom. The Labute approximate surface area is 223 Å². The van der Waals surface area contributed by atoms with Gasteiger partial charge in [-0.05, 0) is 73.9 Å². The molecule has 1 aliphatic rings. The molecule has 9 heteroatoms. The lowest BCUT2D eigenvalue weighted by atomic mass is 9.89. The van der Waals surface area contributed by atoms with Crippen LogP contribution in [0.2, 0.25) is 0 Å². The van der Waals surface area contributed by atoms with Crippen LogP contribution < -0.4 is 5.56 Å². The molecule has 0 saturated heterocycles. The summed E-state index contributed by atoms with van der Waals surface area (Å²) in [5, 5.41) is 13.7. The first-order chi connectivity index (χ1) is 18.7. The Morgan fingerprint density at radius 2 is 1.72 bits per heavy atom. The van der Waals surface area contributed by atoms with Gasteiger partial charge < -0.3 is 9.94 Å². The predicted octanol–water partition coefficient (Wildman–Crippen LogP) is 5.59. The molecule has 0 amide bonds. The number of oxime groups is 1. The summed E-state index contributed by atoms with van der Waals surface area (Å²) in [7, 11) is 0. The number of aliphatic carboxylic acids is 1. The van der Waals surface area contributed by atoms with Gasteiger partial charge in [-0.2, -0.15) is 0 Å². The molecule has 1 atom stereocenters. The number of carbonyl (C=O) groups is 1. The number of benzene rings is 3. The van der Waals surface area contributed by atoms with E-state index in [9.17, 15) is 18.4 Å². The van der Waals surface area contributed by atoms with Gasteiger partial charge in [-0.3, -0.25) is 14.2 Å². The topological polar surface area (TPSA) is 93.8 Å². The number of unbranched alkanes of at least 4 members (excludes halogenated alkanes) is 1. The van der Waals surface area contributed by atoms with Gasteiger partial charge in [0.25, 0.3) is 5.56 Å². The molecule has 3 aromatic carbocycles. The van der Waals surface area contributed by atoms with Crippen molar-refractivity contribution in [2.75, 3.05) is 0 Å². The summed E-state index contributed by atoms with van der Waals surface area (Å²) in [6, 6.07) is 17.2. The van der Waals surface area contributed by atoms with Crippen LogP contribution in [0, 0.1) is 11.6 Å². The number of carboxylic acids is 1. The average Bonchev–Trinajstić information content (AvgIpc) is 3.30. The van der Waals surface area contributed by atoms with E-state index in [4.69, 9.17) is 14.9 Å². The SMILES string of the molecule is C[C@]1(Cc2ccc(F)cc2)CC(c2ccc3c(=O)n(-c4ccc(F)cc4)c(CCCCC(=O)O)nc3c2)=NO1. The molecule has 0 unspecified atom stereocenters. The van der Waals surface area contributed by atoms with Crippen molar-refractivity contribution in [3.63, 3.8) is 0 Å². The molecule has 0 saturated carbocycles. The lowest BCUT2D eigenvalue weighted by Crippen LogP contribution is -2.28. The number of aromatic nitrogens is 2. The Balaban J connectivity index is 1.46. The highest BCUT2D eigenvalue weighted by Gasteiger charge is 2.35. The molecule has 0 spiro atoms. The number of nitrogens with zero attached hydrogens (tertiary/aromatic N) is 3. The highest BCUT2D eigenvalue weighted by Crippen LogP contribution is 2.31. The predicted molar refractivity (Wildman–Crippen MR) is 143 cm³/mol. The first-order valence-corrected chi connectivity index (χ1v) is 12.7. The molecular formula is C30H27F2N3O4. The number of halogens is 2. The summed E-state index contributed by atoms with van der Waals surface area (Å²) in [4.78, 5) is 35.1. The van der Waals surface area contributed by atoms with E-state index in [1.807, 2.05) is 6.92 Å². The summed E-state index contributed by atoms with van der Waals surface area (Å²) < 4.78 is 28.3. The maximum atomic E-state index is 13.6. The largest absolute Gasteiger partial charge is 0.481 e. The van der Waals surface area contributed by atoms with E-state index < -0.39 is 17.4 Å². The van der Waals surface area contributed by atoms with Gasteiger partial charge in [-0.15, -0.1) is 0 Å². The smallest absolute Gasteiger partial charge is 0.303 e. The van der Waals surface area contributed by atoms with Crippen molar-refractivity contribution in [3.8, 4) is 5.69 Å². The fourth-order valence-corrected chi connectivity index (χ4v) is 4.86. The molecule has 2 heterocycles. The molecule has 0 bridgehead atoms. The lowest BCUT2D eigenvalue weighted by Gasteiger charge is -2.21. The fourth-order valence-electron chi connectivity index (χ4n) is 4.86.